The monoisotopic (exact) mass is 413 g/mol. The van der Waals surface area contributed by atoms with Crippen LogP contribution >= 0.6 is 0 Å². The molecule has 0 N–H and O–H groups in total. The Labute approximate surface area is 181 Å². The summed E-state index contributed by atoms with van der Waals surface area (Å²) in [6.45, 7) is 3.52. The Bertz CT molecular complexity index is 999. The molecule has 3 rings (SSSR count). The van der Waals surface area contributed by atoms with E-state index in [1.54, 1.807) is 50.3 Å². The molecule has 0 aromatic heterocycles. The molecule has 0 atom stereocenters. The fraction of sp³-hybridized carbons (Fsp3) is 0.0769. The molecule has 0 saturated heterocycles. The van der Waals surface area contributed by atoms with Crippen molar-refractivity contribution >= 4 is 29.0 Å². The summed E-state index contributed by atoms with van der Waals surface area (Å²) in [6.07, 6.45) is 6.00. The first kappa shape index (κ1) is 21.6. The van der Waals surface area contributed by atoms with Crippen LogP contribution in [0.3, 0.4) is 0 Å². The van der Waals surface area contributed by atoms with Gasteiger partial charge in [-0.3, -0.25) is 0 Å². The van der Waals surface area contributed by atoms with Crippen LogP contribution in [0.1, 0.15) is 13.8 Å². The predicted molar refractivity (Wildman–Crippen MR) is 122 cm³/mol. The minimum atomic E-state index is -0.418. The zero-order chi connectivity index (χ0) is 22.1. The fourth-order valence-corrected chi connectivity index (χ4v) is 2.92. The van der Waals surface area contributed by atoms with Crippen LogP contribution in [0.5, 0.6) is 11.5 Å². The number of benzene rings is 3. The molecule has 0 aliphatic heterocycles. The Kier molecular flexibility index (Phi) is 7.38. The molecule has 0 amide bonds. The number of carbonyl (C=O) groups excluding carboxylic acids is 2. The van der Waals surface area contributed by atoms with Gasteiger partial charge in [0.2, 0.25) is 0 Å². The fourth-order valence-electron chi connectivity index (χ4n) is 2.92. The molecule has 31 heavy (non-hydrogen) atoms. The molecule has 0 bridgehead atoms. The number of carbonyl (C=O) groups is 2. The average molecular weight is 413 g/mol. The van der Waals surface area contributed by atoms with Crippen molar-refractivity contribution in [1.29, 1.82) is 0 Å². The van der Waals surface area contributed by atoms with E-state index in [1.165, 1.54) is 12.2 Å². The molecule has 3 aromatic carbocycles. The van der Waals surface area contributed by atoms with Gasteiger partial charge in [0.25, 0.3) is 0 Å². The zero-order valence-electron chi connectivity index (χ0n) is 17.4. The largest absolute Gasteiger partial charge is 0.423 e. The van der Waals surface area contributed by atoms with E-state index in [9.17, 15) is 9.59 Å². The summed E-state index contributed by atoms with van der Waals surface area (Å²) in [6, 6.07) is 24.4. The summed E-state index contributed by atoms with van der Waals surface area (Å²) >= 11 is 0. The number of esters is 2. The number of nitrogens with zero attached hydrogens (tertiary/aromatic N) is 1. The van der Waals surface area contributed by atoms with Gasteiger partial charge >= 0.3 is 11.9 Å². The number of para-hydroxylation sites is 1. The first-order valence-corrected chi connectivity index (χ1v) is 9.85. The summed E-state index contributed by atoms with van der Waals surface area (Å²) < 4.78 is 10.6. The molecule has 0 saturated carbocycles. The van der Waals surface area contributed by atoms with Crippen LogP contribution in [-0.4, -0.2) is 11.9 Å². The maximum Gasteiger partial charge on any atom is 0.335 e. The van der Waals surface area contributed by atoms with E-state index in [1.807, 2.05) is 54.6 Å². The quantitative estimate of drug-likeness (QED) is 0.265. The van der Waals surface area contributed by atoms with Gasteiger partial charge in [-0.05, 0) is 74.5 Å². The highest BCUT2D eigenvalue weighted by atomic mass is 16.5. The lowest BCUT2D eigenvalue weighted by Crippen LogP contribution is -2.10. The highest BCUT2D eigenvalue weighted by molar-refractivity contribution is 5.85. The first-order chi connectivity index (χ1) is 15.1. The smallest absolute Gasteiger partial charge is 0.335 e. The summed E-state index contributed by atoms with van der Waals surface area (Å²) in [5, 5.41) is 0. The standard InChI is InChI=1S/C26H23NO4/c1-3-8-25(28)30-23-16-12-21(13-17-23)27(20-10-6-5-7-11-20)22-14-18-24(19-15-22)31-26(29)9-4-2/h3-19H,1-2H3/b8-3+,9-4+. The lowest BCUT2D eigenvalue weighted by Gasteiger charge is -2.25. The van der Waals surface area contributed by atoms with E-state index in [0.717, 1.165) is 17.1 Å². The second-order valence-electron chi connectivity index (χ2n) is 6.50. The van der Waals surface area contributed by atoms with Crippen molar-refractivity contribution in [3.63, 3.8) is 0 Å². The molecule has 0 radical (unpaired) electrons. The molecule has 0 spiro atoms. The molecule has 0 aliphatic rings. The van der Waals surface area contributed by atoms with Crippen LogP contribution in [0, 0.1) is 0 Å². The average Bonchev–Trinajstić information content (AvgIpc) is 2.77. The first-order valence-electron chi connectivity index (χ1n) is 9.85. The van der Waals surface area contributed by atoms with Gasteiger partial charge in [0.05, 0.1) is 0 Å². The lowest BCUT2D eigenvalue weighted by atomic mass is 10.2. The second-order valence-corrected chi connectivity index (χ2v) is 6.50. The third-order valence-electron chi connectivity index (χ3n) is 4.25. The Morgan fingerprint density at radius 1 is 0.613 bits per heavy atom. The molecule has 0 unspecified atom stereocenters. The number of ether oxygens (including phenoxy) is 2. The van der Waals surface area contributed by atoms with Crippen LogP contribution in [0.25, 0.3) is 0 Å². The third kappa shape index (κ3) is 5.93. The minimum absolute atomic E-state index is 0.418. The summed E-state index contributed by atoms with van der Waals surface area (Å²) in [4.78, 5) is 25.4. The van der Waals surface area contributed by atoms with Crippen molar-refractivity contribution in [3.8, 4) is 11.5 Å². The van der Waals surface area contributed by atoms with E-state index in [4.69, 9.17) is 9.47 Å². The second kappa shape index (κ2) is 10.6. The summed E-state index contributed by atoms with van der Waals surface area (Å²) in [5.41, 5.74) is 2.73. The molecule has 3 aromatic rings. The van der Waals surface area contributed by atoms with Gasteiger partial charge < -0.3 is 14.4 Å². The number of hydrogen-bond acceptors (Lipinski definition) is 5. The van der Waals surface area contributed by atoms with Crippen LogP contribution in [-0.2, 0) is 9.59 Å². The van der Waals surface area contributed by atoms with Crippen molar-refractivity contribution in [3.05, 3.63) is 103 Å². The molecule has 156 valence electrons. The topological polar surface area (TPSA) is 55.8 Å². The van der Waals surface area contributed by atoms with Gasteiger partial charge in [-0.25, -0.2) is 9.59 Å². The van der Waals surface area contributed by atoms with Gasteiger partial charge in [-0.2, -0.15) is 0 Å². The minimum Gasteiger partial charge on any atom is -0.423 e. The van der Waals surface area contributed by atoms with Crippen LogP contribution in [0.15, 0.2) is 103 Å². The van der Waals surface area contributed by atoms with E-state index in [2.05, 4.69) is 4.90 Å². The number of allylic oxidation sites excluding steroid dienone is 2. The Hall–Kier alpha value is -4.12. The Morgan fingerprint density at radius 2 is 1.00 bits per heavy atom. The maximum atomic E-state index is 11.7. The molecule has 0 fully saturated rings. The van der Waals surface area contributed by atoms with Gasteiger partial charge in [-0.15, -0.1) is 0 Å². The Balaban J connectivity index is 1.89. The Morgan fingerprint density at radius 3 is 1.39 bits per heavy atom. The zero-order valence-corrected chi connectivity index (χ0v) is 17.4. The van der Waals surface area contributed by atoms with E-state index < -0.39 is 11.9 Å². The molecular formula is C26H23NO4. The van der Waals surface area contributed by atoms with Gasteiger partial charge in [0, 0.05) is 29.2 Å². The maximum absolute atomic E-state index is 11.7. The summed E-state index contributed by atoms with van der Waals surface area (Å²) in [5.74, 6) is 0.0913. The van der Waals surface area contributed by atoms with Crippen molar-refractivity contribution < 1.29 is 19.1 Å². The molecule has 5 nitrogen and oxygen atoms in total. The van der Waals surface area contributed by atoms with E-state index in [0.29, 0.717) is 11.5 Å². The summed E-state index contributed by atoms with van der Waals surface area (Å²) in [7, 11) is 0. The van der Waals surface area contributed by atoms with Crippen LogP contribution in [0.2, 0.25) is 0 Å². The van der Waals surface area contributed by atoms with E-state index >= 15 is 0 Å². The van der Waals surface area contributed by atoms with Crippen LogP contribution < -0.4 is 14.4 Å². The number of rotatable bonds is 7. The van der Waals surface area contributed by atoms with Crippen LogP contribution in [0.4, 0.5) is 17.1 Å². The highest BCUT2D eigenvalue weighted by Crippen LogP contribution is 2.35. The van der Waals surface area contributed by atoms with E-state index in [-0.39, 0.29) is 0 Å². The van der Waals surface area contributed by atoms with Crippen molar-refractivity contribution in [1.82, 2.24) is 0 Å². The predicted octanol–water partition coefficient (Wildman–Crippen LogP) is 6.12. The van der Waals surface area contributed by atoms with Crippen molar-refractivity contribution in [2.24, 2.45) is 0 Å². The third-order valence-corrected chi connectivity index (χ3v) is 4.25. The highest BCUT2D eigenvalue weighted by Gasteiger charge is 2.13. The molecular weight excluding hydrogens is 390 g/mol. The van der Waals surface area contributed by atoms with Gasteiger partial charge in [-0.1, -0.05) is 30.4 Å². The molecule has 0 heterocycles. The van der Waals surface area contributed by atoms with Crippen molar-refractivity contribution in [2.45, 2.75) is 13.8 Å². The molecule has 5 heteroatoms. The lowest BCUT2D eigenvalue weighted by molar-refractivity contribution is -0.129. The number of anilines is 3. The van der Waals surface area contributed by atoms with Crippen molar-refractivity contribution in [2.75, 3.05) is 4.90 Å². The van der Waals surface area contributed by atoms with Gasteiger partial charge in [0.1, 0.15) is 11.5 Å². The normalized spacial score (nSPS) is 10.9. The number of hydrogen-bond donors (Lipinski definition) is 0. The van der Waals surface area contributed by atoms with Gasteiger partial charge in [0.15, 0.2) is 0 Å². The molecule has 0 aliphatic carbocycles. The SMILES string of the molecule is C/C=C/C(=O)Oc1ccc(N(c2ccccc2)c2ccc(OC(=O)/C=C/C)cc2)cc1.